The summed E-state index contributed by atoms with van der Waals surface area (Å²) in [5.41, 5.74) is 0.859. The van der Waals surface area contributed by atoms with Crippen molar-refractivity contribution in [2.45, 2.75) is 6.61 Å². The molecular weight excluding hydrogens is 416 g/mol. The predicted molar refractivity (Wildman–Crippen MR) is 106 cm³/mol. The molecule has 0 atom stereocenters. The van der Waals surface area contributed by atoms with E-state index in [9.17, 15) is 13.6 Å². The average molecular weight is 435 g/mol. The second-order valence-corrected chi connectivity index (χ2v) is 6.03. The van der Waals surface area contributed by atoms with Crippen LogP contribution in [0.1, 0.15) is 11.1 Å². The van der Waals surface area contributed by atoms with Gasteiger partial charge in [0.05, 0.1) is 28.4 Å². The van der Waals surface area contributed by atoms with Crippen LogP contribution in [0.5, 0.6) is 28.7 Å². The maximum atomic E-state index is 12.5. The largest absolute Gasteiger partial charge is 0.496 e. The van der Waals surface area contributed by atoms with E-state index in [1.165, 1.54) is 52.7 Å². The number of carbonyl (C=O) groups excluding carboxylic acids is 1. The Labute approximate surface area is 176 Å². The Bertz CT molecular complexity index is 1050. The van der Waals surface area contributed by atoms with Crippen molar-refractivity contribution in [1.29, 1.82) is 0 Å². The lowest BCUT2D eigenvalue weighted by Crippen LogP contribution is -2.07. The monoisotopic (exact) mass is 435 g/mol. The summed E-state index contributed by atoms with van der Waals surface area (Å²) in [7, 11) is 5.75. The number of cyclic esters (lactones) is 1. The number of nitrogens with zero attached hydrogens (tertiary/aromatic N) is 1. The maximum Gasteiger partial charge on any atom is 0.387 e. The minimum absolute atomic E-state index is 0.00685. The SMILES string of the molecule is COc1cc(OC)c(OC)cc1/C=C1\N=C(c2ccc(OC(F)F)c(OC)c2)OC1=O. The molecule has 164 valence electrons. The van der Waals surface area contributed by atoms with Crippen LogP contribution in [0, 0.1) is 0 Å². The van der Waals surface area contributed by atoms with E-state index in [1.807, 2.05) is 0 Å². The first-order valence-corrected chi connectivity index (χ1v) is 8.86. The van der Waals surface area contributed by atoms with E-state index >= 15 is 0 Å². The smallest absolute Gasteiger partial charge is 0.387 e. The molecule has 31 heavy (non-hydrogen) atoms. The lowest BCUT2D eigenvalue weighted by Gasteiger charge is -2.12. The molecule has 2 aromatic carbocycles. The van der Waals surface area contributed by atoms with Gasteiger partial charge in [0.15, 0.2) is 28.7 Å². The number of methoxy groups -OCH3 is 4. The standard InChI is InChI=1S/C21H19F2NO7/c1-26-15-10-18(29-4)17(28-3)9-12(15)7-13-20(25)31-19(24-13)11-5-6-14(30-21(22)23)16(8-11)27-2/h5-10,21H,1-4H3/b13-7-. The zero-order valence-corrected chi connectivity index (χ0v) is 17.1. The first kappa shape index (κ1) is 21.9. The molecule has 0 aromatic heterocycles. The Morgan fingerprint density at radius 1 is 0.871 bits per heavy atom. The van der Waals surface area contributed by atoms with Crippen LogP contribution < -0.4 is 23.7 Å². The van der Waals surface area contributed by atoms with Gasteiger partial charge in [0.2, 0.25) is 5.90 Å². The summed E-state index contributed by atoms with van der Waals surface area (Å²) in [6, 6.07) is 7.32. The summed E-state index contributed by atoms with van der Waals surface area (Å²) in [5, 5.41) is 0. The summed E-state index contributed by atoms with van der Waals surface area (Å²) < 4.78 is 55.6. The highest BCUT2D eigenvalue weighted by atomic mass is 19.3. The molecule has 0 amide bonds. The molecule has 0 unspecified atom stereocenters. The van der Waals surface area contributed by atoms with Gasteiger partial charge in [-0.25, -0.2) is 9.79 Å². The Morgan fingerprint density at radius 3 is 2.10 bits per heavy atom. The summed E-state index contributed by atoms with van der Waals surface area (Å²) in [6.07, 6.45) is 1.47. The Morgan fingerprint density at radius 2 is 1.48 bits per heavy atom. The maximum absolute atomic E-state index is 12.5. The number of carbonyl (C=O) groups is 1. The highest BCUT2D eigenvalue weighted by Gasteiger charge is 2.26. The normalized spacial score (nSPS) is 14.4. The topological polar surface area (TPSA) is 84.8 Å². The molecule has 0 aliphatic carbocycles. The van der Waals surface area contributed by atoms with Gasteiger partial charge in [-0.05, 0) is 30.3 Å². The molecular formula is C21H19F2NO7. The van der Waals surface area contributed by atoms with E-state index in [1.54, 1.807) is 12.1 Å². The van der Waals surface area contributed by atoms with Gasteiger partial charge in [0.25, 0.3) is 0 Å². The third kappa shape index (κ3) is 4.68. The van der Waals surface area contributed by atoms with Crippen molar-refractivity contribution < 1.29 is 42.0 Å². The molecule has 2 aromatic rings. The molecule has 0 saturated heterocycles. The van der Waals surface area contributed by atoms with Gasteiger partial charge in [-0.1, -0.05) is 0 Å². The lowest BCUT2D eigenvalue weighted by atomic mass is 10.1. The molecule has 1 aliphatic heterocycles. The van der Waals surface area contributed by atoms with Gasteiger partial charge < -0.3 is 28.4 Å². The molecule has 0 spiro atoms. The van der Waals surface area contributed by atoms with Gasteiger partial charge in [0, 0.05) is 17.2 Å². The summed E-state index contributed by atoms with van der Waals surface area (Å²) in [4.78, 5) is 16.6. The van der Waals surface area contributed by atoms with E-state index in [2.05, 4.69) is 9.73 Å². The van der Waals surface area contributed by atoms with E-state index < -0.39 is 12.6 Å². The molecule has 0 radical (unpaired) electrons. The second kappa shape index (κ2) is 9.33. The molecule has 0 fully saturated rings. The minimum atomic E-state index is -3.01. The van der Waals surface area contributed by atoms with E-state index in [4.69, 9.17) is 23.7 Å². The van der Waals surface area contributed by atoms with Crippen molar-refractivity contribution in [1.82, 2.24) is 0 Å². The molecule has 0 saturated carbocycles. The fraction of sp³-hybridized carbons (Fsp3) is 0.238. The van der Waals surface area contributed by atoms with Crippen molar-refractivity contribution in [3.63, 3.8) is 0 Å². The molecule has 0 bridgehead atoms. The number of alkyl halides is 2. The zero-order chi connectivity index (χ0) is 22.5. The number of halogens is 2. The molecule has 1 aliphatic rings. The van der Waals surface area contributed by atoms with E-state index in [-0.39, 0.29) is 23.1 Å². The van der Waals surface area contributed by atoms with Gasteiger partial charge in [0.1, 0.15) is 5.75 Å². The minimum Gasteiger partial charge on any atom is -0.496 e. The molecule has 3 rings (SSSR count). The number of hydrogen-bond acceptors (Lipinski definition) is 8. The number of hydrogen-bond donors (Lipinski definition) is 0. The number of ether oxygens (including phenoxy) is 6. The summed E-state index contributed by atoms with van der Waals surface area (Å²) in [6.45, 7) is -3.01. The zero-order valence-electron chi connectivity index (χ0n) is 17.1. The fourth-order valence-electron chi connectivity index (χ4n) is 2.84. The predicted octanol–water partition coefficient (Wildman–Crippen LogP) is 3.67. The van der Waals surface area contributed by atoms with Gasteiger partial charge >= 0.3 is 12.6 Å². The van der Waals surface area contributed by atoms with Crippen LogP contribution in [0.3, 0.4) is 0 Å². The van der Waals surface area contributed by atoms with Crippen molar-refractivity contribution >= 4 is 17.9 Å². The number of benzene rings is 2. The third-order valence-electron chi connectivity index (χ3n) is 4.28. The van der Waals surface area contributed by atoms with E-state index in [0.717, 1.165) is 0 Å². The van der Waals surface area contributed by atoms with Crippen molar-refractivity contribution in [3.8, 4) is 28.7 Å². The quantitative estimate of drug-likeness (QED) is 0.462. The van der Waals surface area contributed by atoms with Crippen LogP contribution in [0.2, 0.25) is 0 Å². The Kier molecular flexibility index (Phi) is 6.58. The lowest BCUT2D eigenvalue weighted by molar-refractivity contribution is -0.129. The van der Waals surface area contributed by atoms with Crippen molar-refractivity contribution in [3.05, 3.63) is 47.2 Å². The number of aliphatic imine (C=N–C) groups is 1. The van der Waals surface area contributed by atoms with Crippen LogP contribution in [0.15, 0.2) is 41.0 Å². The molecule has 8 nitrogen and oxygen atoms in total. The van der Waals surface area contributed by atoms with E-state index in [0.29, 0.717) is 28.4 Å². The first-order valence-electron chi connectivity index (χ1n) is 8.86. The highest BCUT2D eigenvalue weighted by molar-refractivity contribution is 6.13. The second-order valence-electron chi connectivity index (χ2n) is 6.03. The van der Waals surface area contributed by atoms with Crippen LogP contribution in [-0.4, -0.2) is 46.9 Å². The molecule has 1 heterocycles. The number of rotatable bonds is 8. The average Bonchev–Trinajstić information content (AvgIpc) is 3.13. The van der Waals surface area contributed by atoms with Gasteiger partial charge in [-0.3, -0.25) is 0 Å². The fourth-order valence-corrected chi connectivity index (χ4v) is 2.84. The Balaban J connectivity index is 1.98. The number of esters is 1. The third-order valence-corrected chi connectivity index (χ3v) is 4.28. The van der Waals surface area contributed by atoms with Crippen molar-refractivity contribution in [2.75, 3.05) is 28.4 Å². The van der Waals surface area contributed by atoms with Crippen LogP contribution in [0.25, 0.3) is 6.08 Å². The van der Waals surface area contributed by atoms with Crippen molar-refractivity contribution in [2.24, 2.45) is 4.99 Å². The van der Waals surface area contributed by atoms with Crippen LogP contribution in [0.4, 0.5) is 8.78 Å². The Hall–Kier alpha value is -3.82. The highest BCUT2D eigenvalue weighted by Crippen LogP contribution is 2.36. The summed E-state index contributed by atoms with van der Waals surface area (Å²) in [5.74, 6) is 0.489. The van der Waals surface area contributed by atoms with Crippen LogP contribution in [-0.2, 0) is 9.53 Å². The molecule has 10 heteroatoms. The molecule has 0 N–H and O–H groups in total. The summed E-state index contributed by atoms with van der Waals surface area (Å²) >= 11 is 0. The first-order chi connectivity index (χ1) is 14.9. The van der Waals surface area contributed by atoms with Crippen LogP contribution >= 0.6 is 0 Å². The van der Waals surface area contributed by atoms with Gasteiger partial charge in [-0.2, -0.15) is 8.78 Å². The van der Waals surface area contributed by atoms with Gasteiger partial charge in [-0.15, -0.1) is 0 Å².